The number of nitrogens with zero attached hydrogens (tertiary/aromatic N) is 1. The maximum absolute atomic E-state index is 13.8. The van der Waals surface area contributed by atoms with E-state index >= 15 is 0 Å². The number of hydrogen-bond acceptors (Lipinski definition) is 1. The summed E-state index contributed by atoms with van der Waals surface area (Å²) in [5.41, 5.74) is 1.77. The summed E-state index contributed by atoms with van der Waals surface area (Å²) in [7, 11) is 0. The second-order valence-corrected chi connectivity index (χ2v) is 7.53. The largest absolute Gasteiger partial charge is 0.331 e. The highest BCUT2D eigenvalue weighted by Gasteiger charge is 2.20. The first-order chi connectivity index (χ1) is 9.31. The van der Waals surface area contributed by atoms with Crippen LogP contribution in [0.5, 0.6) is 0 Å². The lowest BCUT2D eigenvalue weighted by Gasteiger charge is -2.25. The number of aromatic nitrogens is 2. The number of imidazole rings is 1. The van der Waals surface area contributed by atoms with Crippen LogP contribution in [0.2, 0.25) is 0 Å². The smallest absolute Gasteiger partial charge is 0.178 e. The number of benzene rings is 1. The lowest BCUT2D eigenvalue weighted by molar-refractivity contribution is 0.253. The molecule has 0 aliphatic heterocycles. The second-order valence-electron chi connectivity index (χ2n) is 5.98. The molecule has 0 aliphatic rings. The molecule has 2 nitrogen and oxygen atoms in total. The van der Waals surface area contributed by atoms with E-state index in [1.807, 2.05) is 33.2 Å². The van der Waals surface area contributed by atoms with Gasteiger partial charge in [-0.2, -0.15) is 0 Å². The Morgan fingerprint density at radius 3 is 2.40 bits per heavy atom. The van der Waals surface area contributed by atoms with Gasteiger partial charge in [0, 0.05) is 12.6 Å². The summed E-state index contributed by atoms with van der Waals surface area (Å²) in [6.45, 7) is 9.74. The van der Waals surface area contributed by atoms with Crippen molar-refractivity contribution in [2.45, 2.75) is 34.2 Å². The quantitative estimate of drug-likeness (QED) is 0.535. The first kappa shape index (κ1) is 15.9. The van der Waals surface area contributed by atoms with Gasteiger partial charge in [0.25, 0.3) is 0 Å². The molecule has 0 unspecified atom stereocenters. The molecule has 1 N–H and O–H groups in total. The number of rotatable bonds is 4. The highest BCUT2D eigenvalue weighted by Crippen LogP contribution is 2.26. The fraction of sp³-hybridized carbons (Fsp3) is 0.533. The van der Waals surface area contributed by atoms with Gasteiger partial charge in [0.2, 0.25) is 0 Å². The molecule has 110 valence electrons. The number of halogens is 2. The SMILES string of the molecule is CC(C)C(Cn1c(=S)[nH]c2cc(I)c(F)cc21)C(C)C. The van der Waals surface area contributed by atoms with Crippen LogP contribution in [0, 0.1) is 31.9 Å². The van der Waals surface area contributed by atoms with Gasteiger partial charge in [-0.25, -0.2) is 4.39 Å². The maximum atomic E-state index is 13.8. The molecule has 0 atom stereocenters. The van der Waals surface area contributed by atoms with Gasteiger partial charge in [0.15, 0.2) is 4.77 Å². The van der Waals surface area contributed by atoms with Crippen molar-refractivity contribution in [3.8, 4) is 0 Å². The zero-order valence-corrected chi connectivity index (χ0v) is 15.2. The van der Waals surface area contributed by atoms with E-state index < -0.39 is 0 Å². The van der Waals surface area contributed by atoms with E-state index in [0.29, 0.717) is 26.1 Å². The Kier molecular flexibility index (Phi) is 4.89. The third kappa shape index (κ3) is 3.08. The average Bonchev–Trinajstić information content (AvgIpc) is 2.61. The molecule has 0 spiro atoms. The first-order valence-corrected chi connectivity index (χ1v) is 8.37. The molecule has 1 heterocycles. The van der Waals surface area contributed by atoms with Gasteiger partial charge < -0.3 is 9.55 Å². The molecule has 1 aromatic carbocycles. The molecule has 0 bridgehead atoms. The van der Waals surface area contributed by atoms with Crippen molar-refractivity contribution in [1.29, 1.82) is 0 Å². The Morgan fingerprint density at radius 1 is 1.25 bits per heavy atom. The van der Waals surface area contributed by atoms with Crippen LogP contribution in [0.1, 0.15) is 27.7 Å². The lowest BCUT2D eigenvalue weighted by atomic mass is 9.85. The number of fused-ring (bicyclic) bond motifs is 1. The zero-order valence-electron chi connectivity index (χ0n) is 12.2. The summed E-state index contributed by atoms with van der Waals surface area (Å²) in [5.74, 6) is 1.46. The standard InChI is InChI=1S/C15H20FIN2S/c1-8(2)10(9(3)4)7-19-14-5-11(16)12(17)6-13(14)18-15(19)20/h5-6,8-10H,7H2,1-4H3,(H,18,20). The minimum atomic E-state index is -0.188. The lowest BCUT2D eigenvalue weighted by Crippen LogP contribution is -2.21. The Balaban J connectivity index is 2.51. The van der Waals surface area contributed by atoms with Gasteiger partial charge in [-0.1, -0.05) is 27.7 Å². The van der Waals surface area contributed by atoms with Gasteiger partial charge in [-0.15, -0.1) is 0 Å². The van der Waals surface area contributed by atoms with Crippen molar-refractivity contribution in [1.82, 2.24) is 9.55 Å². The fourth-order valence-corrected chi connectivity index (χ4v) is 3.49. The van der Waals surface area contributed by atoms with Crippen molar-refractivity contribution >= 4 is 45.8 Å². The highest BCUT2D eigenvalue weighted by atomic mass is 127. The van der Waals surface area contributed by atoms with E-state index in [-0.39, 0.29) is 5.82 Å². The van der Waals surface area contributed by atoms with Gasteiger partial charge >= 0.3 is 0 Å². The van der Waals surface area contributed by atoms with Crippen LogP contribution in [-0.2, 0) is 6.54 Å². The summed E-state index contributed by atoms with van der Waals surface area (Å²) in [4.78, 5) is 3.18. The Morgan fingerprint density at radius 2 is 1.85 bits per heavy atom. The molecule has 20 heavy (non-hydrogen) atoms. The van der Waals surface area contributed by atoms with Gasteiger partial charge in [-0.05, 0) is 58.6 Å². The zero-order chi connectivity index (χ0) is 15.0. The van der Waals surface area contributed by atoms with Crippen LogP contribution >= 0.6 is 34.8 Å². The van der Waals surface area contributed by atoms with Crippen molar-refractivity contribution < 1.29 is 4.39 Å². The minimum Gasteiger partial charge on any atom is -0.331 e. The molecule has 2 aromatic rings. The monoisotopic (exact) mass is 406 g/mol. The normalized spacial score (nSPS) is 12.2. The number of hydrogen-bond donors (Lipinski definition) is 1. The minimum absolute atomic E-state index is 0.188. The van der Waals surface area contributed by atoms with E-state index in [1.165, 1.54) is 0 Å². The number of nitrogens with one attached hydrogen (secondary N) is 1. The Hall–Kier alpha value is -0.430. The van der Waals surface area contributed by atoms with Gasteiger partial charge in [0.1, 0.15) is 5.82 Å². The molecule has 0 fully saturated rings. The van der Waals surface area contributed by atoms with Crippen LogP contribution in [-0.4, -0.2) is 9.55 Å². The molecule has 0 radical (unpaired) electrons. The highest BCUT2D eigenvalue weighted by molar-refractivity contribution is 14.1. The molecule has 0 aliphatic carbocycles. The van der Waals surface area contributed by atoms with E-state index in [2.05, 4.69) is 32.7 Å². The summed E-state index contributed by atoms with van der Waals surface area (Å²) < 4.78 is 17.1. The van der Waals surface area contributed by atoms with Crippen molar-refractivity contribution in [3.63, 3.8) is 0 Å². The third-order valence-corrected chi connectivity index (χ3v) is 5.07. The summed E-state index contributed by atoms with van der Waals surface area (Å²) >= 11 is 7.42. The summed E-state index contributed by atoms with van der Waals surface area (Å²) in [5, 5.41) is 0. The molecule has 5 heteroatoms. The molecular weight excluding hydrogens is 386 g/mol. The fourth-order valence-electron chi connectivity index (χ4n) is 2.74. The molecule has 0 saturated carbocycles. The second kappa shape index (κ2) is 6.13. The maximum Gasteiger partial charge on any atom is 0.178 e. The van der Waals surface area contributed by atoms with E-state index in [4.69, 9.17) is 12.2 Å². The summed E-state index contributed by atoms with van der Waals surface area (Å²) in [6, 6.07) is 3.40. The third-order valence-electron chi connectivity index (χ3n) is 3.92. The molecular formula is C15H20FIN2S. The van der Waals surface area contributed by atoms with E-state index in [0.717, 1.165) is 17.6 Å². The van der Waals surface area contributed by atoms with Crippen molar-refractivity contribution in [2.75, 3.05) is 0 Å². The Bertz CT molecular complexity index is 664. The Labute approximate surface area is 137 Å². The van der Waals surface area contributed by atoms with Crippen LogP contribution in [0.4, 0.5) is 4.39 Å². The average molecular weight is 406 g/mol. The predicted molar refractivity (Wildman–Crippen MR) is 93.0 cm³/mol. The van der Waals surface area contributed by atoms with Gasteiger partial charge in [-0.3, -0.25) is 0 Å². The van der Waals surface area contributed by atoms with Crippen LogP contribution in [0.15, 0.2) is 12.1 Å². The molecule has 1 aromatic heterocycles. The van der Waals surface area contributed by atoms with E-state index in [1.54, 1.807) is 6.07 Å². The van der Waals surface area contributed by atoms with E-state index in [9.17, 15) is 4.39 Å². The van der Waals surface area contributed by atoms with Crippen LogP contribution in [0.3, 0.4) is 0 Å². The first-order valence-electron chi connectivity index (χ1n) is 6.88. The van der Waals surface area contributed by atoms with Crippen LogP contribution in [0.25, 0.3) is 11.0 Å². The van der Waals surface area contributed by atoms with Crippen molar-refractivity contribution in [3.05, 3.63) is 26.3 Å². The number of H-pyrrole nitrogens is 1. The topological polar surface area (TPSA) is 20.7 Å². The van der Waals surface area contributed by atoms with Crippen molar-refractivity contribution in [2.24, 2.45) is 17.8 Å². The van der Waals surface area contributed by atoms with Crippen LogP contribution < -0.4 is 0 Å². The predicted octanol–water partition coefficient (Wildman–Crippen LogP) is 5.37. The van der Waals surface area contributed by atoms with Gasteiger partial charge in [0.05, 0.1) is 14.6 Å². The molecule has 2 rings (SSSR count). The molecule has 0 amide bonds. The summed E-state index contributed by atoms with van der Waals surface area (Å²) in [6.07, 6.45) is 0. The number of aromatic amines is 1. The molecule has 0 saturated heterocycles.